The van der Waals surface area contributed by atoms with Gasteiger partial charge in [-0.3, -0.25) is 0 Å². The first-order valence-electron chi connectivity index (χ1n) is 12.1. The van der Waals surface area contributed by atoms with Crippen molar-refractivity contribution in [3.8, 4) is 0 Å². The molecule has 0 heterocycles. The van der Waals surface area contributed by atoms with Crippen molar-refractivity contribution in [3.63, 3.8) is 0 Å². The number of aliphatic hydroxyl groups is 2. The Morgan fingerprint density at radius 3 is 1.46 bits per heavy atom. The molecule has 0 fully saturated rings. The zero-order chi connectivity index (χ0) is 20.7. The summed E-state index contributed by atoms with van der Waals surface area (Å²) in [4.78, 5) is 0. The van der Waals surface area contributed by atoms with Gasteiger partial charge < -0.3 is 19.7 Å². The highest BCUT2D eigenvalue weighted by Gasteiger charge is 2.09. The average Bonchev–Trinajstić information content (AvgIpc) is 2.71. The van der Waals surface area contributed by atoms with Gasteiger partial charge >= 0.3 is 0 Å². The SMILES string of the molecule is CCCCCCCCCCCCCCCCCC[C@@H](COCC(O)CO)OC. The highest BCUT2D eigenvalue weighted by molar-refractivity contribution is 4.59. The van der Waals surface area contributed by atoms with Crippen LogP contribution >= 0.6 is 0 Å². The third-order valence-electron chi connectivity index (χ3n) is 5.54. The molecule has 0 radical (unpaired) electrons. The molecule has 170 valence electrons. The van der Waals surface area contributed by atoms with Gasteiger partial charge in [-0.25, -0.2) is 0 Å². The van der Waals surface area contributed by atoms with E-state index in [4.69, 9.17) is 14.6 Å². The second-order valence-electron chi connectivity index (χ2n) is 8.32. The van der Waals surface area contributed by atoms with Crippen molar-refractivity contribution >= 4 is 0 Å². The van der Waals surface area contributed by atoms with Gasteiger partial charge in [-0.1, -0.05) is 110 Å². The van der Waals surface area contributed by atoms with Crippen LogP contribution in [0.15, 0.2) is 0 Å². The molecule has 0 spiro atoms. The van der Waals surface area contributed by atoms with Crippen LogP contribution < -0.4 is 0 Å². The number of rotatable bonds is 23. The molecule has 2 N–H and O–H groups in total. The molecule has 0 amide bonds. The van der Waals surface area contributed by atoms with E-state index >= 15 is 0 Å². The van der Waals surface area contributed by atoms with Gasteiger partial charge in [0.2, 0.25) is 0 Å². The highest BCUT2D eigenvalue weighted by atomic mass is 16.5. The first kappa shape index (κ1) is 27.8. The Balaban J connectivity index is 3.23. The van der Waals surface area contributed by atoms with Crippen molar-refractivity contribution in [1.82, 2.24) is 0 Å². The summed E-state index contributed by atoms with van der Waals surface area (Å²) in [6, 6.07) is 0. The van der Waals surface area contributed by atoms with Crippen molar-refractivity contribution in [3.05, 3.63) is 0 Å². The summed E-state index contributed by atoms with van der Waals surface area (Å²) in [6.07, 6.45) is 22.4. The number of methoxy groups -OCH3 is 1. The maximum Gasteiger partial charge on any atom is 0.100 e. The Morgan fingerprint density at radius 2 is 1.07 bits per heavy atom. The van der Waals surface area contributed by atoms with Crippen LogP contribution in [0.4, 0.5) is 0 Å². The standard InChI is InChI=1S/C24H50O4/c1-3-4-5-6-7-8-9-10-11-12-13-14-15-16-17-18-19-24(27-2)22-28-21-23(26)20-25/h23-26H,3-22H2,1-2H3/t23?,24-/m0/s1. The van der Waals surface area contributed by atoms with Crippen LogP contribution in [0.3, 0.4) is 0 Å². The fourth-order valence-corrected chi connectivity index (χ4v) is 3.58. The molecular formula is C24H50O4. The molecule has 28 heavy (non-hydrogen) atoms. The Morgan fingerprint density at radius 1 is 0.643 bits per heavy atom. The normalized spacial score (nSPS) is 13.7. The molecule has 0 bridgehead atoms. The lowest BCUT2D eigenvalue weighted by molar-refractivity contribution is -0.0381. The molecular weight excluding hydrogens is 352 g/mol. The van der Waals surface area contributed by atoms with E-state index in [1.807, 2.05) is 0 Å². The van der Waals surface area contributed by atoms with Crippen LogP contribution in [0.5, 0.6) is 0 Å². The van der Waals surface area contributed by atoms with Gasteiger partial charge in [0.05, 0.1) is 25.9 Å². The molecule has 0 saturated carbocycles. The van der Waals surface area contributed by atoms with E-state index < -0.39 is 6.10 Å². The van der Waals surface area contributed by atoms with Crippen LogP contribution in [0, 0.1) is 0 Å². The highest BCUT2D eigenvalue weighted by Crippen LogP contribution is 2.14. The van der Waals surface area contributed by atoms with Gasteiger partial charge in [0.1, 0.15) is 6.10 Å². The maximum atomic E-state index is 9.25. The minimum atomic E-state index is -0.784. The van der Waals surface area contributed by atoms with E-state index in [0.717, 1.165) is 6.42 Å². The van der Waals surface area contributed by atoms with E-state index in [1.54, 1.807) is 7.11 Å². The quantitative estimate of drug-likeness (QED) is 0.205. The largest absolute Gasteiger partial charge is 0.394 e. The topological polar surface area (TPSA) is 58.9 Å². The zero-order valence-electron chi connectivity index (χ0n) is 19.0. The number of hydrogen-bond acceptors (Lipinski definition) is 4. The Hall–Kier alpha value is -0.160. The van der Waals surface area contributed by atoms with Crippen LogP contribution in [-0.2, 0) is 9.47 Å². The molecule has 4 nitrogen and oxygen atoms in total. The van der Waals surface area contributed by atoms with Gasteiger partial charge in [0.15, 0.2) is 0 Å². The molecule has 0 saturated heterocycles. The minimum Gasteiger partial charge on any atom is -0.394 e. The van der Waals surface area contributed by atoms with Gasteiger partial charge in [0.25, 0.3) is 0 Å². The molecule has 0 aromatic carbocycles. The van der Waals surface area contributed by atoms with Crippen molar-refractivity contribution in [2.24, 2.45) is 0 Å². The maximum absolute atomic E-state index is 9.25. The number of ether oxygens (including phenoxy) is 2. The molecule has 0 aliphatic rings. The molecule has 0 rings (SSSR count). The predicted molar refractivity (Wildman–Crippen MR) is 119 cm³/mol. The van der Waals surface area contributed by atoms with Crippen LogP contribution in [-0.4, -0.2) is 49.4 Å². The van der Waals surface area contributed by atoms with Crippen molar-refractivity contribution in [2.75, 3.05) is 26.9 Å². The lowest BCUT2D eigenvalue weighted by Gasteiger charge is -2.16. The van der Waals surface area contributed by atoms with Gasteiger partial charge in [-0.2, -0.15) is 0 Å². The summed E-state index contributed by atoms with van der Waals surface area (Å²) in [5.74, 6) is 0. The molecule has 0 aromatic rings. The van der Waals surface area contributed by atoms with Gasteiger partial charge in [0, 0.05) is 7.11 Å². The van der Waals surface area contributed by atoms with Gasteiger partial charge in [-0.05, 0) is 6.42 Å². The third-order valence-corrected chi connectivity index (χ3v) is 5.54. The van der Waals surface area contributed by atoms with Crippen molar-refractivity contribution in [1.29, 1.82) is 0 Å². The molecule has 0 aliphatic carbocycles. The summed E-state index contributed by atoms with van der Waals surface area (Å²) in [7, 11) is 1.71. The summed E-state index contributed by atoms with van der Waals surface area (Å²) < 4.78 is 10.8. The van der Waals surface area contributed by atoms with Gasteiger partial charge in [-0.15, -0.1) is 0 Å². The molecule has 0 aliphatic heterocycles. The lowest BCUT2D eigenvalue weighted by atomic mass is 10.0. The van der Waals surface area contributed by atoms with E-state index in [9.17, 15) is 5.11 Å². The number of aliphatic hydroxyl groups excluding tert-OH is 2. The fraction of sp³-hybridized carbons (Fsp3) is 1.00. The molecule has 4 heteroatoms. The number of unbranched alkanes of at least 4 members (excludes halogenated alkanes) is 15. The Labute approximate surface area is 175 Å². The lowest BCUT2D eigenvalue weighted by Crippen LogP contribution is -2.24. The Kier molecular flexibility index (Phi) is 23.0. The predicted octanol–water partition coefficient (Wildman–Crippen LogP) is 6.02. The Bertz CT molecular complexity index is 286. The first-order valence-corrected chi connectivity index (χ1v) is 12.1. The molecule has 0 aromatic heterocycles. The fourth-order valence-electron chi connectivity index (χ4n) is 3.58. The second-order valence-corrected chi connectivity index (χ2v) is 8.32. The summed E-state index contributed by atoms with van der Waals surface area (Å²) >= 11 is 0. The first-order chi connectivity index (χ1) is 13.7. The van der Waals surface area contributed by atoms with Crippen LogP contribution in [0.2, 0.25) is 0 Å². The summed E-state index contributed by atoms with van der Waals surface area (Å²) in [5, 5.41) is 18.0. The van der Waals surface area contributed by atoms with Crippen molar-refractivity contribution in [2.45, 2.75) is 128 Å². The monoisotopic (exact) mass is 402 g/mol. The summed E-state index contributed by atoms with van der Waals surface area (Å²) in [5.41, 5.74) is 0. The van der Waals surface area contributed by atoms with E-state index in [2.05, 4.69) is 6.92 Å². The second kappa shape index (κ2) is 23.1. The minimum absolute atomic E-state index is 0.0949. The van der Waals surface area contributed by atoms with E-state index in [1.165, 1.54) is 103 Å². The molecule has 1 unspecified atom stereocenters. The van der Waals surface area contributed by atoms with E-state index in [-0.39, 0.29) is 19.3 Å². The zero-order valence-corrected chi connectivity index (χ0v) is 19.0. The number of hydrogen-bond donors (Lipinski definition) is 2. The molecule has 2 atom stereocenters. The van der Waals surface area contributed by atoms with Crippen molar-refractivity contribution < 1.29 is 19.7 Å². The summed E-state index contributed by atoms with van der Waals surface area (Å²) in [6.45, 7) is 2.70. The smallest absolute Gasteiger partial charge is 0.100 e. The third kappa shape index (κ3) is 20.6. The van der Waals surface area contributed by atoms with E-state index in [0.29, 0.717) is 6.61 Å². The van der Waals surface area contributed by atoms with Crippen LogP contribution in [0.1, 0.15) is 116 Å². The van der Waals surface area contributed by atoms with Crippen LogP contribution in [0.25, 0.3) is 0 Å². The average molecular weight is 403 g/mol.